The molecule has 0 aliphatic rings. The Balaban J connectivity index is 3.16. The highest BCUT2D eigenvalue weighted by molar-refractivity contribution is 8.03. The van der Waals surface area contributed by atoms with E-state index in [1.54, 1.807) is 16.9 Å². The maximum Gasteiger partial charge on any atom is 0.131 e. The molecule has 0 spiro atoms. The van der Waals surface area contributed by atoms with Gasteiger partial charge in [-0.05, 0) is 16.9 Å². The van der Waals surface area contributed by atoms with Crippen LogP contribution in [0.1, 0.15) is 0 Å². The monoisotopic (exact) mass is 263 g/mol. The first-order chi connectivity index (χ1) is 6.69. The highest BCUT2D eigenvalue weighted by Gasteiger charge is 2.09. The van der Waals surface area contributed by atoms with Gasteiger partial charge in [-0.2, -0.15) is 0 Å². The zero-order valence-corrected chi connectivity index (χ0v) is 10.3. The first-order valence-corrected chi connectivity index (χ1v) is 6.11. The van der Waals surface area contributed by atoms with Crippen LogP contribution in [-0.4, -0.2) is 4.98 Å². The van der Waals surface area contributed by atoms with Gasteiger partial charge in [-0.25, -0.2) is 4.98 Å². The van der Waals surface area contributed by atoms with E-state index in [9.17, 15) is 0 Å². The fourth-order valence-corrected chi connectivity index (χ4v) is 2.61. The van der Waals surface area contributed by atoms with Gasteiger partial charge in [0.2, 0.25) is 0 Å². The van der Waals surface area contributed by atoms with Gasteiger partial charge in [0.15, 0.2) is 0 Å². The van der Waals surface area contributed by atoms with Crippen LogP contribution in [0.4, 0.5) is 0 Å². The molecule has 0 atom stereocenters. The zero-order chi connectivity index (χ0) is 10.6. The van der Waals surface area contributed by atoms with Crippen LogP contribution in [0.3, 0.4) is 0 Å². The normalized spacial score (nSPS) is 9.86. The van der Waals surface area contributed by atoms with Crippen LogP contribution in [0.25, 0.3) is 0 Å². The molecule has 1 aromatic heterocycles. The fourth-order valence-electron chi connectivity index (χ4n) is 0.788. The van der Waals surface area contributed by atoms with Crippen LogP contribution in [0, 0.1) is 0 Å². The molecule has 0 bridgehead atoms. The van der Waals surface area contributed by atoms with Gasteiger partial charge in [0.25, 0.3) is 0 Å². The summed E-state index contributed by atoms with van der Waals surface area (Å²) in [5.74, 6) is 0. The third kappa shape index (κ3) is 2.95. The van der Waals surface area contributed by atoms with E-state index in [4.69, 9.17) is 23.2 Å². The number of thioether (sulfide) groups is 2. The average Bonchev–Trinajstić information content (AvgIpc) is 2.14. The third-order valence-corrected chi connectivity index (χ3v) is 3.50. The van der Waals surface area contributed by atoms with Gasteiger partial charge in [-0.1, -0.05) is 59.9 Å². The van der Waals surface area contributed by atoms with Crippen molar-refractivity contribution >= 4 is 46.7 Å². The van der Waals surface area contributed by atoms with Crippen molar-refractivity contribution in [2.24, 2.45) is 0 Å². The summed E-state index contributed by atoms with van der Waals surface area (Å²) in [5.41, 5.74) is 0. The molecule has 1 aromatic rings. The zero-order valence-electron chi connectivity index (χ0n) is 7.17. The quantitative estimate of drug-likeness (QED) is 0.569. The van der Waals surface area contributed by atoms with Crippen LogP contribution >= 0.6 is 46.7 Å². The average molecular weight is 264 g/mol. The van der Waals surface area contributed by atoms with Crippen molar-refractivity contribution in [3.8, 4) is 0 Å². The Labute approximate surface area is 102 Å². The number of hydrogen-bond donors (Lipinski definition) is 0. The number of hydrogen-bond acceptors (Lipinski definition) is 3. The molecule has 1 heterocycles. The van der Waals surface area contributed by atoms with E-state index in [0.29, 0.717) is 15.2 Å². The molecule has 0 saturated carbocycles. The van der Waals surface area contributed by atoms with Crippen LogP contribution in [0.2, 0.25) is 10.2 Å². The number of nitrogens with zero attached hydrogens (tertiary/aromatic N) is 1. The smallest absolute Gasteiger partial charge is 0.131 e. The van der Waals surface area contributed by atoms with Crippen LogP contribution in [0.15, 0.2) is 40.0 Å². The van der Waals surface area contributed by atoms with Gasteiger partial charge in [0, 0.05) is 4.90 Å². The maximum atomic E-state index is 6.08. The van der Waals surface area contributed by atoms with Crippen LogP contribution in [0.5, 0.6) is 0 Å². The van der Waals surface area contributed by atoms with Crippen molar-refractivity contribution < 1.29 is 0 Å². The Morgan fingerprint density at radius 3 is 2.43 bits per heavy atom. The van der Waals surface area contributed by atoms with Crippen molar-refractivity contribution in [1.29, 1.82) is 0 Å². The molecular weight excluding hydrogens is 257 g/mol. The number of pyridine rings is 1. The summed E-state index contributed by atoms with van der Waals surface area (Å²) in [7, 11) is 0. The molecule has 0 aliphatic heterocycles. The molecule has 0 fully saturated rings. The lowest BCUT2D eigenvalue weighted by atomic mass is 10.5. The number of rotatable bonds is 4. The molecule has 5 heteroatoms. The van der Waals surface area contributed by atoms with Crippen molar-refractivity contribution in [1.82, 2.24) is 4.98 Å². The minimum absolute atomic E-state index is 0.420. The van der Waals surface area contributed by atoms with E-state index >= 15 is 0 Å². The summed E-state index contributed by atoms with van der Waals surface area (Å²) in [6.07, 6.45) is 0. The topological polar surface area (TPSA) is 12.9 Å². The highest BCUT2D eigenvalue weighted by atomic mass is 35.5. The lowest BCUT2D eigenvalue weighted by Gasteiger charge is -2.05. The lowest BCUT2D eigenvalue weighted by molar-refractivity contribution is 1.10. The number of halogens is 2. The van der Waals surface area contributed by atoms with Gasteiger partial charge in [0.05, 0.1) is 5.02 Å². The second-order valence-corrected chi connectivity index (χ2v) is 4.86. The minimum Gasteiger partial charge on any atom is -0.228 e. The van der Waals surface area contributed by atoms with Crippen LogP contribution < -0.4 is 0 Å². The molecule has 0 radical (unpaired) electrons. The molecule has 0 saturated heterocycles. The molecular formula is C9H7Cl2NS2. The van der Waals surface area contributed by atoms with E-state index in [-0.39, 0.29) is 0 Å². The van der Waals surface area contributed by atoms with E-state index in [1.165, 1.54) is 23.5 Å². The molecule has 74 valence electrons. The fraction of sp³-hybridized carbons (Fsp3) is 0. The Kier molecular flexibility index (Phi) is 4.89. The molecule has 14 heavy (non-hydrogen) atoms. The standard InChI is InChI=1S/C9H7Cl2NS2/c1-3-13-6-5-7(10)12-9(8(6)11)14-4-2/h3-5H,1-2H2. The summed E-state index contributed by atoms with van der Waals surface area (Å²) in [4.78, 5) is 4.94. The lowest BCUT2D eigenvalue weighted by Crippen LogP contribution is -1.84. The Morgan fingerprint density at radius 1 is 1.21 bits per heavy atom. The maximum absolute atomic E-state index is 6.08. The molecule has 0 aromatic carbocycles. The molecule has 0 unspecified atom stereocenters. The van der Waals surface area contributed by atoms with Crippen molar-refractivity contribution in [3.63, 3.8) is 0 Å². The number of aromatic nitrogens is 1. The summed E-state index contributed by atoms with van der Waals surface area (Å²) < 4.78 is 0. The van der Waals surface area contributed by atoms with Gasteiger partial charge >= 0.3 is 0 Å². The Morgan fingerprint density at radius 2 is 1.86 bits per heavy atom. The first kappa shape index (κ1) is 12.0. The van der Waals surface area contributed by atoms with E-state index in [1.807, 2.05) is 0 Å². The second-order valence-electron chi connectivity index (χ2n) is 2.13. The van der Waals surface area contributed by atoms with Crippen molar-refractivity contribution in [2.45, 2.75) is 9.92 Å². The minimum atomic E-state index is 0.420. The van der Waals surface area contributed by atoms with E-state index in [2.05, 4.69) is 18.1 Å². The molecule has 1 rings (SSSR count). The third-order valence-electron chi connectivity index (χ3n) is 1.27. The molecule has 0 amide bonds. The predicted molar refractivity (Wildman–Crippen MR) is 66.4 cm³/mol. The molecule has 1 nitrogen and oxygen atoms in total. The van der Waals surface area contributed by atoms with E-state index < -0.39 is 0 Å². The van der Waals surface area contributed by atoms with Gasteiger partial charge in [0.1, 0.15) is 10.2 Å². The van der Waals surface area contributed by atoms with Gasteiger partial charge < -0.3 is 0 Å². The highest BCUT2D eigenvalue weighted by Crippen LogP contribution is 2.36. The van der Waals surface area contributed by atoms with Crippen LogP contribution in [-0.2, 0) is 0 Å². The van der Waals surface area contributed by atoms with Gasteiger partial charge in [-0.3, -0.25) is 0 Å². The molecule has 0 aliphatic carbocycles. The summed E-state index contributed by atoms with van der Waals surface area (Å²) in [5, 5.41) is 5.03. The SMILES string of the molecule is C=CSc1cc(Cl)nc(SC=C)c1Cl. The molecule has 0 N–H and O–H groups in total. The summed E-state index contributed by atoms with van der Waals surface area (Å²) >= 11 is 14.7. The first-order valence-electron chi connectivity index (χ1n) is 3.60. The van der Waals surface area contributed by atoms with Crippen molar-refractivity contribution in [2.75, 3.05) is 0 Å². The van der Waals surface area contributed by atoms with Gasteiger partial charge in [-0.15, -0.1) is 0 Å². The summed E-state index contributed by atoms with van der Waals surface area (Å²) in [6, 6.07) is 1.71. The Bertz CT molecular complexity index is 335. The van der Waals surface area contributed by atoms with E-state index in [0.717, 1.165) is 4.90 Å². The Hall–Kier alpha value is -0.0900. The second kappa shape index (κ2) is 5.71. The largest absolute Gasteiger partial charge is 0.228 e. The predicted octanol–water partition coefficient (Wildman–Crippen LogP) is 4.86. The van der Waals surface area contributed by atoms with Crippen molar-refractivity contribution in [3.05, 3.63) is 40.2 Å². The summed E-state index contributed by atoms with van der Waals surface area (Å²) in [6.45, 7) is 7.21.